The number of halogens is 1. The summed E-state index contributed by atoms with van der Waals surface area (Å²) in [6.45, 7) is 4.02. The molecule has 0 saturated carbocycles. The van der Waals surface area contributed by atoms with Gasteiger partial charge in [0, 0.05) is 7.05 Å². The van der Waals surface area contributed by atoms with E-state index in [9.17, 15) is 9.59 Å². The summed E-state index contributed by atoms with van der Waals surface area (Å²) in [4.78, 5) is 25.0. The van der Waals surface area contributed by atoms with Crippen LogP contribution in [0.25, 0.3) is 0 Å². The molecule has 0 aliphatic carbocycles. The maximum absolute atomic E-state index is 11.9. The van der Waals surface area contributed by atoms with Gasteiger partial charge in [0.15, 0.2) is 0 Å². The molecule has 1 fully saturated rings. The minimum atomic E-state index is -0.489. The summed E-state index contributed by atoms with van der Waals surface area (Å²) in [5.41, 5.74) is 1.56. The van der Waals surface area contributed by atoms with E-state index < -0.39 is 6.04 Å². The highest BCUT2D eigenvalue weighted by Crippen LogP contribution is 2.23. The van der Waals surface area contributed by atoms with Crippen molar-refractivity contribution < 1.29 is 9.59 Å². The van der Waals surface area contributed by atoms with Crippen LogP contribution in [0.15, 0.2) is 0 Å². The summed E-state index contributed by atoms with van der Waals surface area (Å²) in [6, 6.07) is -0.489. The quantitative estimate of drug-likeness (QED) is 0.878. The molecule has 1 N–H and O–H groups in total. The highest BCUT2D eigenvalue weighted by atomic mass is 35.5. The lowest BCUT2D eigenvalue weighted by atomic mass is 10.2. The van der Waals surface area contributed by atoms with E-state index in [1.165, 1.54) is 4.90 Å². The number of rotatable bonds is 3. The second-order valence-electron chi connectivity index (χ2n) is 4.60. The summed E-state index contributed by atoms with van der Waals surface area (Å²) in [5, 5.41) is 7.45. The van der Waals surface area contributed by atoms with Gasteiger partial charge in [-0.3, -0.25) is 14.3 Å². The van der Waals surface area contributed by atoms with Gasteiger partial charge >= 0.3 is 0 Å². The zero-order chi connectivity index (χ0) is 14.2. The van der Waals surface area contributed by atoms with Crippen molar-refractivity contribution in [3.05, 3.63) is 16.4 Å². The normalized spacial score (nSPS) is 19.8. The standard InChI is InChI=1S/C12H17ClN4O2/c1-4-8-11(13)9(16(3)15-8)6-17-7(2)12(19)14-5-10(17)18/h7H,4-6H2,1-3H3,(H,14,19). The highest BCUT2D eigenvalue weighted by Gasteiger charge is 2.32. The summed E-state index contributed by atoms with van der Waals surface area (Å²) in [7, 11) is 1.79. The largest absolute Gasteiger partial charge is 0.345 e. The van der Waals surface area contributed by atoms with Crippen LogP contribution in [0, 0.1) is 0 Å². The van der Waals surface area contributed by atoms with Crippen LogP contribution in [0.3, 0.4) is 0 Å². The Labute approximate surface area is 116 Å². The Morgan fingerprint density at radius 2 is 2.16 bits per heavy atom. The van der Waals surface area contributed by atoms with Crippen LogP contribution in [0.2, 0.25) is 5.02 Å². The van der Waals surface area contributed by atoms with Crippen molar-refractivity contribution in [2.45, 2.75) is 32.9 Å². The lowest BCUT2D eigenvalue weighted by Crippen LogP contribution is -2.56. The zero-order valence-corrected chi connectivity index (χ0v) is 12.0. The number of nitrogens with one attached hydrogen (secondary N) is 1. The van der Waals surface area contributed by atoms with Crippen molar-refractivity contribution in [2.24, 2.45) is 7.05 Å². The maximum atomic E-state index is 11.9. The summed E-state index contributed by atoms with van der Waals surface area (Å²) >= 11 is 6.26. The van der Waals surface area contributed by atoms with Gasteiger partial charge in [-0.15, -0.1) is 0 Å². The van der Waals surface area contributed by atoms with E-state index >= 15 is 0 Å². The van der Waals surface area contributed by atoms with Crippen LogP contribution in [-0.4, -0.2) is 39.1 Å². The van der Waals surface area contributed by atoms with Gasteiger partial charge in [-0.05, 0) is 13.3 Å². The molecule has 2 heterocycles. The number of aryl methyl sites for hydroxylation is 2. The Morgan fingerprint density at radius 1 is 1.47 bits per heavy atom. The fraction of sp³-hybridized carbons (Fsp3) is 0.583. The number of carbonyl (C=O) groups is 2. The molecule has 104 valence electrons. The van der Waals surface area contributed by atoms with Crippen molar-refractivity contribution in [1.29, 1.82) is 0 Å². The number of hydrogen-bond donors (Lipinski definition) is 1. The van der Waals surface area contributed by atoms with Gasteiger partial charge < -0.3 is 10.2 Å². The number of aromatic nitrogens is 2. The number of piperazine rings is 1. The van der Waals surface area contributed by atoms with Crippen LogP contribution in [-0.2, 0) is 29.6 Å². The molecule has 2 rings (SSSR count). The Bertz CT molecular complexity index is 526. The Hall–Kier alpha value is -1.56. The minimum absolute atomic E-state index is 0.0410. The molecule has 1 aromatic rings. The van der Waals surface area contributed by atoms with Crippen LogP contribution in [0.4, 0.5) is 0 Å². The van der Waals surface area contributed by atoms with E-state index in [4.69, 9.17) is 11.6 Å². The monoisotopic (exact) mass is 284 g/mol. The van der Waals surface area contributed by atoms with E-state index in [2.05, 4.69) is 10.4 Å². The molecule has 6 nitrogen and oxygen atoms in total. The molecule has 1 saturated heterocycles. The first-order chi connectivity index (χ1) is 8.95. The topological polar surface area (TPSA) is 67.2 Å². The fourth-order valence-corrected chi connectivity index (χ4v) is 2.50. The van der Waals surface area contributed by atoms with Crippen molar-refractivity contribution in [2.75, 3.05) is 6.54 Å². The van der Waals surface area contributed by atoms with Gasteiger partial charge in [0.25, 0.3) is 0 Å². The molecule has 1 aromatic heterocycles. The van der Waals surface area contributed by atoms with E-state index in [0.29, 0.717) is 11.6 Å². The van der Waals surface area contributed by atoms with E-state index in [1.807, 2.05) is 6.92 Å². The molecule has 1 aliphatic heterocycles. The van der Waals surface area contributed by atoms with Crippen molar-refractivity contribution in [1.82, 2.24) is 20.0 Å². The van der Waals surface area contributed by atoms with Gasteiger partial charge in [-0.2, -0.15) is 5.10 Å². The SMILES string of the molecule is CCc1nn(C)c(CN2C(=O)CNC(=O)C2C)c1Cl. The number of amides is 2. The molecule has 1 atom stereocenters. The average molecular weight is 285 g/mol. The van der Waals surface area contributed by atoms with Crippen LogP contribution in [0.1, 0.15) is 25.2 Å². The Kier molecular flexibility index (Phi) is 3.80. The molecular weight excluding hydrogens is 268 g/mol. The summed E-state index contributed by atoms with van der Waals surface area (Å²) in [6.07, 6.45) is 0.733. The number of hydrogen-bond acceptors (Lipinski definition) is 3. The molecule has 19 heavy (non-hydrogen) atoms. The third-order valence-electron chi connectivity index (χ3n) is 3.40. The van der Waals surface area contributed by atoms with Gasteiger partial charge in [0.2, 0.25) is 11.8 Å². The second-order valence-corrected chi connectivity index (χ2v) is 4.98. The third-order valence-corrected chi connectivity index (χ3v) is 3.84. The van der Waals surface area contributed by atoms with Gasteiger partial charge in [0.05, 0.1) is 29.5 Å². The first-order valence-electron chi connectivity index (χ1n) is 6.23. The Balaban J connectivity index is 2.27. The predicted octanol–water partition coefficient (Wildman–Crippen LogP) is 0.483. The minimum Gasteiger partial charge on any atom is -0.345 e. The lowest BCUT2D eigenvalue weighted by molar-refractivity contribution is -0.145. The van der Waals surface area contributed by atoms with E-state index in [0.717, 1.165) is 17.8 Å². The molecule has 0 bridgehead atoms. The highest BCUT2D eigenvalue weighted by molar-refractivity contribution is 6.31. The Morgan fingerprint density at radius 3 is 2.74 bits per heavy atom. The van der Waals surface area contributed by atoms with E-state index in [-0.39, 0.29) is 18.4 Å². The maximum Gasteiger partial charge on any atom is 0.242 e. The molecular formula is C12H17ClN4O2. The average Bonchev–Trinajstić information content (AvgIpc) is 2.65. The van der Waals surface area contributed by atoms with Crippen LogP contribution in [0.5, 0.6) is 0 Å². The molecule has 7 heteroatoms. The van der Waals surface area contributed by atoms with Crippen LogP contribution < -0.4 is 5.32 Å². The molecule has 1 aliphatic rings. The van der Waals surface area contributed by atoms with Crippen molar-refractivity contribution in [3.63, 3.8) is 0 Å². The van der Waals surface area contributed by atoms with Crippen LogP contribution >= 0.6 is 11.6 Å². The first kappa shape index (κ1) is 13.9. The predicted molar refractivity (Wildman–Crippen MR) is 70.6 cm³/mol. The summed E-state index contributed by atoms with van der Waals surface area (Å²) in [5.74, 6) is -0.254. The first-order valence-corrected chi connectivity index (χ1v) is 6.61. The van der Waals surface area contributed by atoms with Gasteiger partial charge in [0.1, 0.15) is 6.04 Å². The molecule has 0 aromatic carbocycles. The van der Waals surface area contributed by atoms with Crippen molar-refractivity contribution >= 4 is 23.4 Å². The zero-order valence-electron chi connectivity index (χ0n) is 11.2. The molecule has 2 amide bonds. The number of carbonyl (C=O) groups excluding carboxylic acids is 2. The van der Waals surface area contributed by atoms with Crippen molar-refractivity contribution in [3.8, 4) is 0 Å². The third kappa shape index (κ3) is 2.45. The van der Waals surface area contributed by atoms with Gasteiger partial charge in [-0.1, -0.05) is 18.5 Å². The fourth-order valence-electron chi connectivity index (χ4n) is 2.15. The summed E-state index contributed by atoms with van der Waals surface area (Å²) < 4.78 is 1.67. The van der Waals surface area contributed by atoms with E-state index in [1.54, 1.807) is 18.7 Å². The second kappa shape index (κ2) is 5.21. The number of nitrogens with zero attached hydrogens (tertiary/aromatic N) is 3. The lowest BCUT2D eigenvalue weighted by Gasteiger charge is -2.32. The molecule has 1 unspecified atom stereocenters. The smallest absolute Gasteiger partial charge is 0.242 e. The molecule has 0 spiro atoms. The van der Waals surface area contributed by atoms with Gasteiger partial charge in [-0.25, -0.2) is 0 Å². The molecule has 0 radical (unpaired) electrons.